The molecule has 0 bridgehead atoms. The largest absolute Gasteiger partial charge is 0.493 e. The number of nitrogens with two attached hydrogens (primary N) is 1. The third kappa shape index (κ3) is 1.93. The number of hydrogen-bond acceptors (Lipinski definition) is 3. The van der Waals surface area contributed by atoms with E-state index in [1.807, 2.05) is 18.2 Å². The number of para-hydroxylation sites is 1. The van der Waals surface area contributed by atoms with Crippen LogP contribution in [0.25, 0.3) is 0 Å². The summed E-state index contributed by atoms with van der Waals surface area (Å²) < 4.78 is 5.74. The molecule has 1 aromatic rings. The molecular formula is C13H19NO2. The zero-order valence-electron chi connectivity index (χ0n) is 9.81. The average molecular weight is 221 g/mol. The minimum Gasteiger partial charge on any atom is -0.493 e. The first kappa shape index (κ1) is 11.4. The third-order valence-electron chi connectivity index (χ3n) is 3.12. The molecule has 0 unspecified atom stereocenters. The van der Waals surface area contributed by atoms with Crippen LogP contribution in [0.2, 0.25) is 0 Å². The molecule has 1 aromatic carbocycles. The van der Waals surface area contributed by atoms with E-state index in [0.29, 0.717) is 18.9 Å². The monoisotopic (exact) mass is 221 g/mol. The lowest BCUT2D eigenvalue weighted by Gasteiger charge is -2.18. The van der Waals surface area contributed by atoms with Gasteiger partial charge in [-0.05, 0) is 17.9 Å². The first-order valence-corrected chi connectivity index (χ1v) is 5.80. The lowest BCUT2D eigenvalue weighted by molar-refractivity contribution is 0.145. The fraction of sp³-hybridized carbons (Fsp3) is 0.538. The number of ether oxygens (including phenoxy) is 1. The number of rotatable bonds is 1. The lowest BCUT2D eigenvalue weighted by atomic mass is 9.94. The van der Waals surface area contributed by atoms with Crippen LogP contribution in [0.1, 0.15) is 43.4 Å². The summed E-state index contributed by atoms with van der Waals surface area (Å²) in [5.74, 6) is 1.22. The summed E-state index contributed by atoms with van der Waals surface area (Å²) in [5, 5.41) is 10.1. The van der Waals surface area contributed by atoms with Crippen molar-refractivity contribution in [2.24, 2.45) is 5.73 Å². The van der Waals surface area contributed by atoms with Crippen molar-refractivity contribution in [3.63, 3.8) is 0 Å². The molecule has 1 heterocycles. The number of aliphatic hydroxyl groups is 1. The molecule has 0 aliphatic carbocycles. The molecule has 1 aliphatic rings. The molecule has 0 fully saturated rings. The van der Waals surface area contributed by atoms with E-state index in [0.717, 1.165) is 16.9 Å². The summed E-state index contributed by atoms with van der Waals surface area (Å²) in [6, 6.07) is 5.67. The van der Waals surface area contributed by atoms with Gasteiger partial charge in [0.05, 0.1) is 12.7 Å². The summed E-state index contributed by atoms with van der Waals surface area (Å²) in [7, 11) is 0. The smallest absolute Gasteiger partial charge is 0.128 e. The second-order valence-electron chi connectivity index (χ2n) is 4.67. The van der Waals surface area contributed by atoms with Crippen molar-refractivity contribution >= 4 is 0 Å². The van der Waals surface area contributed by atoms with Crippen LogP contribution in [0.4, 0.5) is 0 Å². The number of hydrogen-bond donors (Lipinski definition) is 2. The molecule has 2 rings (SSSR count). The van der Waals surface area contributed by atoms with Crippen molar-refractivity contribution in [3.05, 3.63) is 29.3 Å². The van der Waals surface area contributed by atoms with Crippen molar-refractivity contribution in [2.45, 2.75) is 38.3 Å². The Morgan fingerprint density at radius 2 is 2.19 bits per heavy atom. The van der Waals surface area contributed by atoms with Crippen LogP contribution in [0, 0.1) is 0 Å². The van der Waals surface area contributed by atoms with E-state index in [1.54, 1.807) is 0 Å². The standard InChI is InChI=1S/C13H19NO2/c1-8(2)9-4-3-5-10-12(15)11(14)6-7-16-13(9)10/h3-5,8,11-12,15H,6-7,14H2,1-2H3/t11-,12+/m1/s1. The normalized spacial score (nSPS) is 24.8. The Morgan fingerprint density at radius 3 is 2.88 bits per heavy atom. The quantitative estimate of drug-likeness (QED) is 0.762. The zero-order valence-corrected chi connectivity index (χ0v) is 9.81. The van der Waals surface area contributed by atoms with Gasteiger partial charge in [-0.1, -0.05) is 32.0 Å². The van der Waals surface area contributed by atoms with E-state index in [2.05, 4.69) is 13.8 Å². The van der Waals surface area contributed by atoms with Crippen molar-refractivity contribution in [2.75, 3.05) is 6.61 Å². The Morgan fingerprint density at radius 1 is 1.44 bits per heavy atom. The fourth-order valence-corrected chi connectivity index (χ4v) is 2.11. The highest BCUT2D eigenvalue weighted by Crippen LogP contribution is 2.36. The molecule has 0 radical (unpaired) electrons. The van der Waals surface area contributed by atoms with Crippen molar-refractivity contribution in [1.29, 1.82) is 0 Å². The Labute approximate surface area is 96.2 Å². The van der Waals surface area contributed by atoms with E-state index < -0.39 is 6.10 Å². The van der Waals surface area contributed by atoms with Gasteiger partial charge in [-0.25, -0.2) is 0 Å². The molecule has 88 valence electrons. The molecule has 1 aliphatic heterocycles. The Balaban J connectivity index is 2.49. The van der Waals surface area contributed by atoms with Gasteiger partial charge in [-0.3, -0.25) is 0 Å². The molecule has 0 saturated carbocycles. The topological polar surface area (TPSA) is 55.5 Å². The second kappa shape index (κ2) is 4.44. The van der Waals surface area contributed by atoms with Gasteiger partial charge in [-0.15, -0.1) is 0 Å². The highest BCUT2D eigenvalue weighted by Gasteiger charge is 2.26. The van der Waals surface area contributed by atoms with E-state index >= 15 is 0 Å². The molecule has 3 heteroatoms. The highest BCUT2D eigenvalue weighted by atomic mass is 16.5. The Hall–Kier alpha value is -1.06. The lowest BCUT2D eigenvalue weighted by Crippen LogP contribution is -2.28. The summed E-state index contributed by atoms with van der Waals surface area (Å²) in [6.07, 6.45) is 0.0732. The minimum absolute atomic E-state index is 0.233. The molecule has 3 N–H and O–H groups in total. The predicted octanol–water partition coefficient (Wildman–Crippen LogP) is 1.95. The molecule has 2 atom stereocenters. The Bertz CT molecular complexity index is 376. The SMILES string of the molecule is CC(C)c1cccc2c1OCC[C@@H](N)[C@H]2O. The van der Waals surface area contributed by atoms with E-state index in [4.69, 9.17) is 10.5 Å². The second-order valence-corrected chi connectivity index (χ2v) is 4.67. The third-order valence-corrected chi connectivity index (χ3v) is 3.12. The minimum atomic E-state index is -0.615. The molecule has 3 nitrogen and oxygen atoms in total. The van der Waals surface area contributed by atoms with Crippen LogP contribution >= 0.6 is 0 Å². The molecule has 0 aromatic heterocycles. The molecular weight excluding hydrogens is 202 g/mol. The summed E-state index contributed by atoms with van der Waals surface area (Å²) in [6.45, 7) is 4.82. The molecule has 0 spiro atoms. The van der Waals surface area contributed by atoms with E-state index in [-0.39, 0.29) is 6.04 Å². The van der Waals surface area contributed by atoms with Gasteiger partial charge in [-0.2, -0.15) is 0 Å². The first-order chi connectivity index (χ1) is 7.61. The fourth-order valence-electron chi connectivity index (χ4n) is 2.11. The van der Waals surface area contributed by atoms with Crippen LogP contribution in [-0.2, 0) is 0 Å². The predicted molar refractivity (Wildman–Crippen MR) is 63.6 cm³/mol. The molecule has 16 heavy (non-hydrogen) atoms. The van der Waals surface area contributed by atoms with Gasteiger partial charge in [0, 0.05) is 11.6 Å². The van der Waals surface area contributed by atoms with Crippen molar-refractivity contribution in [3.8, 4) is 5.75 Å². The summed E-state index contributed by atoms with van der Waals surface area (Å²) >= 11 is 0. The maximum absolute atomic E-state index is 10.1. The van der Waals surface area contributed by atoms with Crippen LogP contribution in [0.5, 0.6) is 5.75 Å². The number of benzene rings is 1. The summed E-state index contributed by atoms with van der Waals surface area (Å²) in [5.41, 5.74) is 7.86. The van der Waals surface area contributed by atoms with Gasteiger partial charge in [0.2, 0.25) is 0 Å². The average Bonchev–Trinajstić information content (AvgIpc) is 2.40. The van der Waals surface area contributed by atoms with Crippen LogP contribution in [-0.4, -0.2) is 17.8 Å². The number of aliphatic hydroxyl groups excluding tert-OH is 1. The maximum atomic E-state index is 10.1. The summed E-state index contributed by atoms with van der Waals surface area (Å²) in [4.78, 5) is 0. The highest BCUT2D eigenvalue weighted by molar-refractivity contribution is 5.45. The zero-order chi connectivity index (χ0) is 11.7. The number of fused-ring (bicyclic) bond motifs is 1. The van der Waals surface area contributed by atoms with Gasteiger partial charge < -0.3 is 15.6 Å². The van der Waals surface area contributed by atoms with Crippen LogP contribution < -0.4 is 10.5 Å². The first-order valence-electron chi connectivity index (χ1n) is 5.80. The van der Waals surface area contributed by atoms with E-state index in [9.17, 15) is 5.11 Å². The molecule has 0 amide bonds. The van der Waals surface area contributed by atoms with Gasteiger partial charge in [0.15, 0.2) is 0 Å². The molecule has 0 saturated heterocycles. The van der Waals surface area contributed by atoms with Gasteiger partial charge >= 0.3 is 0 Å². The van der Waals surface area contributed by atoms with Crippen LogP contribution in [0.3, 0.4) is 0 Å². The van der Waals surface area contributed by atoms with E-state index in [1.165, 1.54) is 0 Å². The van der Waals surface area contributed by atoms with Gasteiger partial charge in [0.1, 0.15) is 5.75 Å². The Kier molecular flexibility index (Phi) is 3.17. The van der Waals surface area contributed by atoms with Crippen molar-refractivity contribution in [1.82, 2.24) is 0 Å². The van der Waals surface area contributed by atoms with Gasteiger partial charge in [0.25, 0.3) is 0 Å². The van der Waals surface area contributed by atoms with Crippen LogP contribution in [0.15, 0.2) is 18.2 Å². The maximum Gasteiger partial charge on any atom is 0.128 e. The van der Waals surface area contributed by atoms with Crippen molar-refractivity contribution < 1.29 is 9.84 Å².